The van der Waals surface area contributed by atoms with Crippen LogP contribution in [0.25, 0.3) is 10.2 Å². The molecule has 0 aliphatic carbocycles. The summed E-state index contributed by atoms with van der Waals surface area (Å²) in [4.78, 5) is 23.8. The van der Waals surface area contributed by atoms with E-state index in [-0.39, 0.29) is 5.56 Å². The molecule has 0 saturated heterocycles. The monoisotopic (exact) mass is 308 g/mol. The molecule has 2 heterocycles. The molecule has 0 bridgehead atoms. The number of aromatic nitrogens is 2. The third kappa shape index (κ3) is 3.33. The van der Waals surface area contributed by atoms with Crippen molar-refractivity contribution in [1.29, 1.82) is 0 Å². The second kappa shape index (κ2) is 6.25. The molecule has 5 nitrogen and oxygen atoms in total. The van der Waals surface area contributed by atoms with Crippen molar-refractivity contribution in [2.24, 2.45) is 0 Å². The minimum Gasteiger partial charge on any atom is -0.308 e. The Morgan fingerprint density at radius 1 is 1.14 bits per heavy atom. The van der Waals surface area contributed by atoms with Crippen LogP contribution in [0.5, 0.6) is 0 Å². The average molecular weight is 308 g/mol. The number of aryl methyl sites for hydroxylation is 2. The molecule has 0 unspecified atom stereocenters. The van der Waals surface area contributed by atoms with Gasteiger partial charge < -0.3 is 9.80 Å². The molecule has 116 valence electrons. The van der Waals surface area contributed by atoms with Crippen LogP contribution in [0.4, 0.5) is 0 Å². The van der Waals surface area contributed by atoms with Gasteiger partial charge >= 0.3 is 0 Å². The highest BCUT2D eigenvalue weighted by atomic mass is 32.1. The van der Waals surface area contributed by atoms with Crippen molar-refractivity contribution in [2.45, 2.75) is 26.9 Å². The third-order valence-electron chi connectivity index (χ3n) is 3.60. The van der Waals surface area contributed by atoms with Crippen molar-refractivity contribution in [2.75, 3.05) is 34.7 Å². The van der Waals surface area contributed by atoms with Crippen molar-refractivity contribution in [1.82, 2.24) is 19.4 Å². The summed E-state index contributed by atoms with van der Waals surface area (Å²) in [5, 5.41) is 0.791. The average Bonchev–Trinajstić information content (AvgIpc) is 2.63. The molecule has 2 aromatic heterocycles. The molecular formula is C15H24N4OS. The SMILES string of the molecule is Cc1sc2nc(CN(C)C)n(CCN(C)C)c(=O)c2c1C. The van der Waals surface area contributed by atoms with Gasteiger partial charge in [0.05, 0.1) is 11.9 Å². The fourth-order valence-corrected chi connectivity index (χ4v) is 3.34. The second-order valence-electron chi connectivity index (χ2n) is 5.99. The van der Waals surface area contributed by atoms with Gasteiger partial charge in [-0.05, 0) is 47.6 Å². The van der Waals surface area contributed by atoms with E-state index < -0.39 is 0 Å². The molecule has 0 atom stereocenters. The van der Waals surface area contributed by atoms with E-state index in [1.165, 1.54) is 4.88 Å². The molecule has 0 aromatic carbocycles. The lowest BCUT2D eigenvalue weighted by atomic mass is 10.2. The van der Waals surface area contributed by atoms with Crippen LogP contribution in [0.1, 0.15) is 16.3 Å². The molecule has 21 heavy (non-hydrogen) atoms. The van der Waals surface area contributed by atoms with E-state index in [9.17, 15) is 4.79 Å². The minimum absolute atomic E-state index is 0.0977. The van der Waals surface area contributed by atoms with Crippen LogP contribution < -0.4 is 5.56 Å². The van der Waals surface area contributed by atoms with Crippen molar-refractivity contribution in [3.63, 3.8) is 0 Å². The van der Waals surface area contributed by atoms with E-state index in [1.807, 2.05) is 44.6 Å². The number of rotatable bonds is 5. The maximum absolute atomic E-state index is 12.9. The molecule has 2 aromatic rings. The maximum atomic E-state index is 12.9. The van der Waals surface area contributed by atoms with Crippen molar-refractivity contribution in [3.8, 4) is 0 Å². The molecule has 0 N–H and O–H groups in total. The van der Waals surface area contributed by atoms with Gasteiger partial charge in [0.1, 0.15) is 10.7 Å². The molecule has 0 spiro atoms. The van der Waals surface area contributed by atoms with Crippen molar-refractivity contribution in [3.05, 3.63) is 26.6 Å². The Hall–Kier alpha value is -1.24. The van der Waals surface area contributed by atoms with Crippen LogP contribution in [0.3, 0.4) is 0 Å². The number of fused-ring (bicyclic) bond motifs is 1. The van der Waals surface area contributed by atoms with Crippen LogP contribution in [-0.4, -0.2) is 54.1 Å². The van der Waals surface area contributed by atoms with Crippen LogP contribution in [0.2, 0.25) is 0 Å². The number of nitrogens with zero attached hydrogens (tertiary/aromatic N) is 4. The summed E-state index contributed by atoms with van der Waals surface area (Å²) < 4.78 is 1.83. The van der Waals surface area contributed by atoms with Crippen LogP contribution in [0, 0.1) is 13.8 Å². The van der Waals surface area contributed by atoms with Gasteiger partial charge in [-0.3, -0.25) is 9.36 Å². The topological polar surface area (TPSA) is 41.4 Å². The van der Waals surface area contributed by atoms with Gasteiger partial charge in [0.15, 0.2) is 0 Å². The summed E-state index contributed by atoms with van der Waals surface area (Å²) in [6.07, 6.45) is 0. The molecule has 2 rings (SSSR count). The fourth-order valence-electron chi connectivity index (χ4n) is 2.30. The Kier molecular flexibility index (Phi) is 4.81. The Balaban J connectivity index is 2.62. The predicted molar refractivity (Wildman–Crippen MR) is 89.3 cm³/mol. The molecule has 0 saturated carbocycles. The van der Waals surface area contributed by atoms with Gasteiger partial charge in [0.2, 0.25) is 0 Å². The lowest BCUT2D eigenvalue weighted by molar-refractivity contribution is 0.350. The first-order chi connectivity index (χ1) is 9.81. The molecule has 0 radical (unpaired) electrons. The standard InChI is InChI=1S/C15H24N4OS/c1-10-11(2)21-14-13(10)15(20)19(8-7-17(3)4)12(16-14)9-18(5)6/h7-9H2,1-6H3. The molecular weight excluding hydrogens is 284 g/mol. The van der Waals surface area contributed by atoms with Crippen LogP contribution >= 0.6 is 11.3 Å². The Labute approximate surface area is 129 Å². The largest absolute Gasteiger partial charge is 0.308 e. The zero-order valence-electron chi connectivity index (χ0n) is 13.7. The molecule has 0 amide bonds. The lowest BCUT2D eigenvalue weighted by Crippen LogP contribution is -2.31. The van der Waals surface area contributed by atoms with Crippen LogP contribution in [-0.2, 0) is 13.1 Å². The minimum atomic E-state index is 0.0977. The smallest absolute Gasteiger partial charge is 0.262 e. The normalized spacial score (nSPS) is 12.0. The van der Waals surface area contributed by atoms with E-state index in [1.54, 1.807) is 11.3 Å². The van der Waals surface area contributed by atoms with Gasteiger partial charge in [-0.15, -0.1) is 11.3 Å². The lowest BCUT2D eigenvalue weighted by Gasteiger charge is -2.17. The summed E-state index contributed by atoms with van der Waals surface area (Å²) in [6.45, 7) is 6.24. The zero-order valence-corrected chi connectivity index (χ0v) is 14.5. The van der Waals surface area contributed by atoms with Crippen LogP contribution in [0.15, 0.2) is 4.79 Å². The molecule has 0 aliphatic heterocycles. The second-order valence-corrected chi connectivity index (χ2v) is 7.19. The van der Waals surface area contributed by atoms with Crippen molar-refractivity contribution >= 4 is 21.6 Å². The van der Waals surface area contributed by atoms with Gasteiger partial charge in [-0.2, -0.15) is 0 Å². The maximum Gasteiger partial charge on any atom is 0.262 e. The highest BCUT2D eigenvalue weighted by Gasteiger charge is 2.16. The van der Waals surface area contributed by atoms with Gasteiger partial charge in [0.25, 0.3) is 5.56 Å². The van der Waals surface area contributed by atoms with Gasteiger partial charge in [-0.1, -0.05) is 0 Å². The Bertz CT molecular complexity index is 700. The first kappa shape index (κ1) is 16.1. The van der Waals surface area contributed by atoms with E-state index in [2.05, 4.69) is 11.8 Å². The van der Waals surface area contributed by atoms with Gasteiger partial charge in [-0.25, -0.2) is 4.98 Å². The van der Waals surface area contributed by atoms with E-state index in [0.717, 1.165) is 28.1 Å². The first-order valence-electron chi connectivity index (χ1n) is 7.10. The quantitative estimate of drug-likeness (QED) is 0.843. The highest BCUT2D eigenvalue weighted by molar-refractivity contribution is 7.18. The molecule has 6 heteroatoms. The van der Waals surface area contributed by atoms with E-state index in [0.29, 0.717) is 13.1 Å². The number of thiophene rings is 1. The first-order valence-corrected chi connectivity index (χ1v) is 7.91. The number of hydrogen-bond donors (Lipinski definition) is 0. The van der Waals surface area contributed by atoms with Crippen molar-refractivity contribution < 1.29 is 0 Å². The fraction of sp³-hybridized carbons (Fsp3) is 0.600. The Morgan fingerprint density at radius 2 is 1.81 bits per heavy atom. The highest BCUT2D eigenvalue weighted by Crippen LogP contribution is 2.26. The van der Waals surface area contributed by atoms with E-state index in [4.69, 9.17) is 4.98 Å². The van der Waals surface area contributed by atoms with E-state index >= 15 is 0 Å². The Morgan fingerprint density at radius 3 is 2.38 bits per heavy atom. The summed E-state index contributed by atoms with van der Waals surface area (Å²) in [5.74, 6) is 0.848. The summed E-state index contributed by atoms with van der Waals surface area (Å²) in [5.41, 5.74) is 1.17. The third-order valence-corrected chi connectivity index (χ3v) is 4.70. The van der Waals surface area contributed by atoms with Gasteiger partial charge in [0, 0.05) is 18.0 Å². The predicted octanol–water partition coefficient (Wildman–Crippen LogP) is 1.70. The molecule has 0 fully saturated rings. The number of hydrogen-bond acceptors (Lipinski definition) is 5. The molecule has 0 aliphatic rings. The number of likely N-dealkylation sites (N-methyl/N-ethyl adjacent to an activating group) is 1. The summed E-state index contributed by atoms with van der Waals surface area (Å²) >= 11 is 1.61. The summed E-state index contributed by atoms with van der Waals surface area (Å²) in [6, 6.07) is 0. The zero-order chi connectivity index (χ0) is 15.7. The summed E-state index contributed by atoms with van der Waals surface area (Å²) in [7, 11) is 8.03.